The van der Waals surface area contributed by atoms with E-state index >= 15 is 0 Å². The minimum absolute atomic E-state index is 0.115. The highest BCUT2D eigenvalue weighted by molar-refractivity contribution is 9.10. The summed E-state index contributed by atoms with van der Waals surface area (Å²) in [6.07, 6.45) is -0.0508. The van der Waals surface area contributed by atoms with E-state index in [9.17, 15) is 14.4 Å². The Hall–Kier alpha value is -2.16. The number of rotatable bonds is 9. The van der Waals surface area contributed by atoms with Crippen molar-refractivity contribution in [2.45, 2.75) is 38.6 Å². The summed E-state index contributed by atoms with van der Waals surface area (Å²) in [6.45, 7) is 3.90. The Morgan fingerprint density at radius 3 is 2.59 bits per heavy atom. The van der Waals surface area contributed by atoms with Gasteiger partial charge in [0.25, 0.3) is 5.91 Å². The molecule has 1 saturated heterocycles. The number of ketones is 1. The second-order valence-corrected chi connectivity index (χ2v) is 9.49. The Labute approximate surface area is 201 Å². The highest BCUT2D eigenvalue weighted by Crippen LogP contribution is 2.35. The summed E-state index contributed by atoms with van der Waals surface area (Å²) >= 11 is 9.38. The van der Waals surface area contributed by atoms with E-state index in [2.05, 4.69) is 21.2 Å². The van der Waals surface area contributed by atoms with Crippen LogP contribution in [0.3, 0.4) is 0 Å². The summed E-state index contributed by atoms with van der Waals surface area (Å²) in [6, 6.07) is 14.1. The molecular formula is C23H24BBrClNO5. The number of hydrogen-bond donors (Lipinski definition) is 1. The molecule has 1 fully saturated rings. The van der Waals surface area contributed by atoms with Gasteiger partial charge in [-0.2, -0.15) is 0 Å². The van der Waals surface area contributed by atoms with E-state index in [1.54, 1.807) is 30.3 Å². The summed E-state index contributed by atoms with van der Waals surface area (Å²) in [5.41, 5.74) is 0.999. The molecular weight excluding hydrogens is 496 g/mol. The van der Waals surface area contributed by atoms with Crippen molar-refractivity contribution in [1.82, 2.24) is 5.32 Å². The van der Waals surface area contributed by atoms with Crippen LogP contribution < -0.4 is 5.32 Å². The van der Waals surface area contributed by atoms with Crippen LogP contribution >= 0.6 is 27.5 Å². The number of benzene rings is 2. The first-order chi connectivity index (χ1) is 15.2. The number of carbonyl (C=O) groups excluding carboxylic acids is 3. The van der Waals surface area contributed by atoms with Crippen molar-refractivity contribution in [1.29, 1.82) is 0 Å². The molecule has 2 aromatic carbocycles. The molecule has 1 aliphatic rings. The normalized spacial score (nSPS) is 16.7. The van der Waals surface area contributed by atoms with Gasteiger partial charge in [-0.15, -0.1) is 0 Å². The first-order valence-electron chi connectivity index (χ1n) is 10.4. The molecule has 0 spiro atoms. The van der Waals surface area contributed by atoms with Gasteiger partial charge in [0.1, 0.15) is 0 Å². The van der Waals surface area contributed by atoms with Crippen LogP contribution in [-0.4, -0.2) is 31.3 Å². The van der Waals surface area contributed by atoms with Gasteiger partial charge in [-0.25, -0.2) is 0 Å². The maximum atomic E-state index is 12.7. The number of amides is 1. The summed E-state index contributed by atoms with van der Waals surface area (Å²) in [7, 11) is -0.811. The van der Waals surface area contributed by atoms with Crippen LogP contribution in [0.15, 0.2) is 53.0 Å². The minimum atomic E-state index is -0.811. The van der Waals surface area contributed by atoms with Crippen molar-refractivity contribution in [3.63, 3.8) is 0 Å². The van der Waals surface area contributed by atoms with Crippen molar-refractivity contribution in [3.05, 3.63) is 69.2 Å². The van der Waals surface area contributed by atoms with Crippen molar-refractivity contribution in [2.24, 2.45) is 5.92 Å². The third-order valence-electron chi connectivity index (χ3n) is 5.09. The first-order valence-corrected chi connectivity index (χ1v) is 11.6. The van der Waals surface area contributed by atoms with E-state index in [4.69, 9.17) is 20.9 Å². The highest BCUT2D eigenvalue weighted by Gasteiger charge is 2.46. The molecule has 168 valence electrons. The number of hydrogen-bond acceptors (Lipinski definition) is 5. The molecule has 0 bridgehead atoms. The molecule has 3 rings (SSSR count). The number of carbonyl (C=O) groups is 3. The molecule has 2 aromatic rings. The lowest BCUT2D eigenvalue weighted by Gasteiger charge is -2.19. The van der Waals surface area contributed by atoms with Crippen LogP contribution in [0.2, 0.25) is 10.8 Å². The molecule has 1 aliphatic heterocycles. The SMILES string of the molecule is CC(C)C[C@H](CC(=O)CNC(=O)c1cc(Br)ccc1Cl)B1OC(=O)[C@H](c2ccccc2)O1. The molecule has 32 heavy (non-hydrogen) atoms. The standard InChI is InChI=1S/C23H24BBrClNO5/c1-14(2)10-16(24-31-21(23(30)32-24)15-6-4-3-5-7-15)11-18(28)13-27-22(29)19-12-17(25)8-9-20(19)26/h3-9,12,14,16,21H,10-11,13H2,1-2H3,(H,27,29)/t16-,21+/m1/s1. The summed E-state index contributed by atoms with van der Waals surface area (Å²) in [4.78, 5) is 37.5. The monoisotopic (exact) mass is 519 g/mol. The smallest absolute Gasteiger partial charge is 0.507 e. The molecule has 0 radical (unpaired) electrons. The maximum Gasteiger partial charge on any atom is 0.531 e. The van der Waals surface area contributed by atoms with Crippen LogP contribution in [0.25, 0.3) is 0 Å². The predicted molar refractivity (Wildman–Crippen MR) is 126 cm³/mol. The lowest BCUT2D eigenvalue weighted by atomic mass is 9.65. The molecule has 1 N–H and O–H groups in total. The maximum absolute atomic E-state index is 12.7. The predicted octanol–water partition coefficient (Wildman–Crippen LogP) is 5.01. The fourth-order valence-electron chi connectivity index (χ4n) is 3.65. The van der Waals surface area contributed by atoms with E-state index in [-0.39, 0.29) is 36.0 Å². The molecule has 2 atom stereocenters. The van der Waals surface area contributed by atoms with Crippen LogP contribution in [0.1, 0.15) is 48.7 Å². The third kappa shape index (κ3) is 6.43. The van der Waals surface area contributed by atoms with Crippen molar-refractivity contribution in [3.8, 4) is 0 Å². The number of Topliss-reactive ketones (excluding diaryl/α,β-unsaturated/α-hetero) is 1. The second-order valence-electron chi connectivity index (χ2n) is 8.17. The fourth-order valence-corrected chi connectivity index (χ4v) is 4.21. The average Bonchev–Trinajstić information content (AvgIpc) is 3.15. The van der Waals surface area contributed by atoms with E-state index in [1.165, 1.54) is 0 Å². The van der Waals surface area contributed by atoms with Crippen LogP contribution in [-0.2, 0) is 18.9 Å². The van der Waals surface area contributed by atoms with E-state index < -0.39 is 25.1 Å². The van der Waals surface area contributed by atoms with Gasteiger partial charge in [0.05, 0.1) is 17.1 Å². The van der Waals surface area contributed by atoms with E-state index in [0.717, 1.165) is 0 Å². The van der Waals surface area contributed by atoms with E-state index in [0.29, 0.717) is 21.5 Å². The zero-order valence-corrected chi connectivity index (χ0v) is 20.2. The largest absolute Gasteiger partial charge is 0.531 e. The second kappa shape index (κ2) is 11.1. The van der Waals surface area contributed by atoms with E-state index in [1.807, 2.05) is 32.0 Å². The lowest BCUT2D eigenvalue weighted by molar-refractivity contribution is -0.136. The Bertz CT molecular complexity index is 988. The van der Waals surface area contributed by atoms with Crippen molar-refractivity contribution >= 4 is 52.3 Å². The summed E-state index contributed by atoms with van der Waals surface area (Å²) in [5, 5.41) is 2.92. The molecule has 1 amide bonds. The molecule has 0 aromatic heterocycles. The molecule has 0 aliphatic carbocycles. The highest BCUT2D eigenvalue weighted by atomic mass is 79.9. The summed E-state index contributed by atoms with van der Waals surface area (Å²) in [5.74, 6) is -1.12. The van der Waals surface area contributed by atoms with Gasteiger partial charge in [-0.1, -0.05) is 71.7 Å². The number of halogens is 2. The zero-order valence-electron chi connectivity index (χ0n) is 17.8. The van der Waals surface area contributed by atoms with Crippen LogP contribution in [0, 0.1) is 5.92 Å². The lowest BCUT2D eigenvalue weighted by Crippen LogP contribution is -2.33. The van der Waals surface area contributed by atoms with Crippen LogP contribution in [0.5, 0.6) is 0 Å². The minimum Gasteiger partial charge on any atom is -0.507 e. The van der Waals surface area contributed by atoms with Gasteiger partial charge in [0.15, 0.2) is 11.9 Å². The van der Waals surface area contributed by atoms with Gasteiger partial charge < -0.3 is 14.6 Å². The molecule has 9 heteroatoms. The first kappa shape index (κ1) is 24.5. The van der Waals surface area contributed by atoms with Gasteiger partial charge in [0.2, 0.25) is 0 Å². The topological polar surface area (TPSA) is 81.7 Å². The zero-order chi connectivity index (χ0) is 23.3. The Balaban J connectivity index is 1.61. The quantitative estimate of drug-likeness (QED) is 0.470. The molecule has 0 unspecified atom stereocenters. The summed E-state index contributed by atoms with van der Waals surface area (Å²) < 4.78 is 12.1. The van der Waals surface area contributed by atoms with Gasteiger partial charge in [-0.05, 0) is 36.1 Å². The molecule has 1 heterocycles. The average molecular weight is 521 g/mol. The number of nitrogens with one attached hydrogen (secondary N) is 1. The molecule has 0 saturated carbocycles. The third-order valence-corrected chi connectivity index (χ3v) is 5.91. The van der Waals surface area contributed by atoms with Gasteiger partial charge in [0, 0.05) is 16.7 Å². The Morgan fingerprint density at radius 2 is 1.91 bits per heavy atom. The van der Waals surface area contributed by atoms with Crippen LogP contribution in [0.4, 0.5) is 0 Å². The molecule has 6 nitrogen and oxygen atoms in total. The fraction of sp³-hybridized carbons (Fsp3) is 0.348. The van der Waals surface area contributed by atoms with Gasteiger partial charge in [-0.3, -0.25) is 14.4 Å². The Morgan fingerprint density at radius 1 is 1.19 bits per heavy atom. The Kier molecular flexibility index (Phi) is 8.51. The van der Waals surface area contributed by atoms with Crippen molar-refractivity contribution < 1.29 is 23.7 Å². The van der Waals surface area contributed by atoms with Crippen molar-refractivity contribution in [2.75, 3.05) is 6.54 Å². The van der Waals surface area contributed by atoms with Gasteiger partial charge >= 0.3 is 13.1 Å².